The second-order valence-electron chi connectivity index (χ2n) is 6.40. The molecule has 0 unspecified atom stereocenters. The summed E-state index contributed by atoms with van der Waals surface area (Å²) in [6, 6.07) is 7.72. The first kappa shape index (κ1) is 18.5. The lowest BCUT2D eigenvalue weighted by molar-refractivity contribution is 0.173. The van der Waals surface area contributed by atoms with E-state index in [2.05, 4.69) is 11.9 Å². The minimum absolute atomic E-state index is 0.352. The molecule has 0 saturated heterocycles. The smallest absolute Gasteiger partial charge is 0.419 e. The second kappa shape index (κ2) is 10.1. The van der Waals surface area contributed by atoms with Gasteiger partial charge in [0.05, 0.1) is 18.1 Å². The zero-order chi connectivity index (χ0) is 17.2. The number of ether oxygens (including phenoxy) is 1. The van der Waals surface area contributed by atoms with Gasteiger partial charge >= 0.3 is 6.09 Å². The van der Waals surface area contributed by atoms with Crippen LogP contribution in [0.5, 0.6) is 0 Å². The van der Waals surface area contributed by atoms with Crippen LogP contribution < -0.4 is 0 Å². The number of nitrogens with zero attached hydrogens (tertiary/aromatic N) is 2. The number of aryl methyl sites for hydroxylation is 1. The monoisotopic (exact) mass is 330 g/mol. The van der Waals surface area contributed by atoms with Gasteiger partial charge in [0, 0.05) is 6.42 Å². The minimum Gasteiger partial charge on any atom is -0.452 e. The molecule has 0 aliphatic heterocycles. The maximum Gasteiger partial charge on any atom is 0.419 e. The maximum absolute atomic E-state index is 12.1. The molecule has 0 atom stereocenters. The van der Waals surface area contributed by atoms with Crippen molar-refractivity contribution in [2.45, 2.75) is 71.1 Å². The molecule has 0 aliphatic carbocycles. The van der Waals surface area contributed by atoms with E-state index >= 15 is 0 Å². The summed E-state index contributed by atoms with van der Waals surface area (Å²) in [6.45, 7) is 2.25. The first-order valence-corrected chi connectivity index (χ1v) is 9.32. The molecule has 0 spiro atoms. The van der Waals surface area contributed by atoms with E-state index in [0.717, 1.165) is 29.7 Å². The van der Waals surface area contributed by atoms with Crippen LogP contribution in [-0.2, 0) is 11.2 Å². The van der Waals surface area contributed by atoms with E-state index in [9.17, 15) is 4.79 Å². The average molecular weight is 330 g/mol. The van der Waals surface area contributed by atoms with E-state index in [1.807, 2.05) is 24.3 Å². The van der Waals surface area contributed by atoms with E-state index in [4.69, 9.17) is 4.74 Å². The van der Waals surface area contributed by atoms with Crippen molar-refractivity contribution in [1.82, 2.24) is 9.55 Å². The molecule has 2 aromatic rings. The first-order valence-electron chi connectivity index (χ1n) is 9.32. The van der Waals surface area contributed by atoms with Crippen LogP contribution in [-0.4, -0.2) is 22.8 Å². The molecule has 1 aromatic carbocycles. The average Bonchev–Trinajstić information content (AvgIpc) is 2.98. The summed E-state index contributed by atoms with van der Waals surface area (Å²) in [5.74, 6) is 0.811. The fraction of sp³-hybridized carbons (Fsp3) is 0.600. The van der Waals surface area contributed by atoms with E-state index in [1.54, 1.807) is 4.57 Å². The molecule has 1 heterocycles. The Morgan fingerprint density at radius 2 is 1.62 bits per heavy atom. The highest BCUT2D eigenvalue weighted by atomic mass is 16.5. The molecule has 24 heavy (non-hydrogen) atoms. The zero-order valence-corrected chi connectivity index (χ0v) is 15.1. The Hall–Kier alpha value is -1.84. The van der Waals surface area contributed by atoms with Gasteiger partial charge in [0.15, 0.2) is 0 Å². The van der Waals surface area contributed by atoms with Crippen molar-refractivity contribution in [2.24, 2.45) is 0 Å². The van der Waals surface area contributed by atoms with Crippen LogP contribution in [0, 0.1) is 0 Å². The molecule has 0 fully saturated rings. The Kier molecular flexibility index (Phi) is 7.80. The van der Waals surface area contributed by atoms with Crippen LogP contribution in [0.2, 0.25) is 0 Å². The van der Waals surface area contributed by atoms with Gasteiger partial charge in [-0.25, -0.2) is 14.3 Å². The molecule has 0 radical (unpaired) electrons. The van der Waals surface area contributed by atoms with Gasteiger partial charge in [-0.15, -0.1) is 0 Å². The second-order valence-corrected chi connectivity index (χ2v) is 6.40. The van der Waals surface area contributed by atoms with Gasteiger partial charge in [-0.1, -0.05) is 70.4 Å². The summed E-state index contributed by atoms with van der Waals surface area (Å²) in [4.78, 5) is 16.7. The lowest BCUT2D eigenvalue weighted by Gasteiger charge is -2.06. The summed E-state index contributed by atoms with van der Waals surface area (Å²) >= 11 is 0. The number of para-hydroxylation sites is 2. The number of hydrogen-bond donors (Lipinski definition) is 0. The maximum atomic E-state index is 12.1. The Morgan fingerprint density at radius 1 is 1.00 bits per heavy atom. The third-order valence-corrected chi connectivity index (χ3v) is 4.49. The summed E-state index contributed by atoms with van der Waals surface area (Å²) in [5.41, 5.74) is 1.68. The van der Waals surface area contributed by atoms with Crippen molar-refractivity contribution < 1.29 is 9.53 Å². The summed E-state index contributed by atoms with van der Waals surface area (Å²) in [7, 11) is 1.42. The predicted molar refractivity (Wildman–Crippen MR) is 98.5 cm³/mol. The molecule has 0 aliphatic rings. The zero-order valence-electron chi connectivity index (χ0n) is 15.1. The number of carbonyl (C=O) groups is 1. The van der Waals surface area contributed by atoms with Gasteiger partial charge in [-0.2, -0.15) is 0 Å². The predicted octanol–water partition coefficient (Wildman–Crippen LogP) is 5.72. The Balaban J connectivity index is 1.81. The van der Waals surface area contributed by atoms with Crippen molar-refractivity contribution in [2.75, 3.05) is 7.11 Å². The topological polar surface area (TPSA) is 44.1 Å². The van der Waals surface area contributed by atoms with Crippen molar-refractivity contribution >= 4 is 17.1 Å². The van der Waals surface area contributed by atoms with Gasteiger partial charge in [0.25, 0.3) is 0 Å². The number of carbonyl (C=O) groups excluding carboxylic acids is 1. The van der Waals surface area contributed by atoms with E-state index in [-0.39, 0.29) is 6.09 Å². The fourth-order valence-corrected chi connectivity index (χ4v) is 3.13. The quantitative estimate of drug-likeness (QED) is 0.523. The third kappa shape index (κ3) is 5.08. The van der Waals surface area contributed by atoms with Crippen LogP contribution in [0.25, 0.3) is 11.0 Å². The first-order chi connectivity index (χ1) is 11.8. The molecule has 132 valence electrons. The highest BCUT2D eigenvalue weighted by Crippen LogP contribution is 2.18. The molecule has 4 heteroatoms. The SMILES string of the molecule is CCCCCCCCCCCc1nc2ccccc2n1C(=O)OC. The van der Waals surface area contributed by atoms with Crippen molar-refractivity contribution in [1.29, 1.82) is 0 Å². The summed E-state index contributed by atoms with van der Waals surface area (Å²) < 4.78 is 6.53. The van der Waals surface area contributed by atoms with Crippen LogP contribution in [0.1, 0.15) is 70.5 Å². The van der Waals surface area contributed by atoms with Crippen molar-refractivity contribution in [3.63, 3.8) is 0 Å². The van der Waals surface area contributed by atoms with Gasteiger partial charge in [-0.05, 0) is 18.6 Å². The molecule has 0 bridgehead atoms. The fourth-order valence-electron chi connectivity index (χ4n) is 3.13. The third-order valence-electron chi connectivity index (χ3n) is 4.49. The highest BCUT2D eigenvalue weighted by Gasteiger charge is 2.16. The van der Waals surface area contributed by atoms with Gasteiger partial charge in [0.1, 0.15) is 5.82 Å². The standard InChI is InChI=1S/C20H30N2O2/c1-3-4-5-6-7-8-9-10-11-16-19-21-17-14-12-13-15-18(17)22(19)20(23)24-2/h12-15H,3-11,16H2,1-2H3. The largest absolute Gasteiger partial charge is 0.452 e. The van der Waals surface area contributed by atoms with Gasteiger partial charge < -0.3 is 4.74 Å². The van der Waals surface area contributed by atoms with Crippen LogP contribution in [0.4, 0.5) is 4.79 Å². The molecule has 0 amide bonds. The van der Waals surface area contributed by atoms with Crippen LogP contribution in [0.3, 0.4) is 0 Å². The molecule has 0 N–H and O–H groups in total. The number of imidazole rings is 1. The summed E-state index contributed by atoms with van der Waals surface area (Å²) in [5, 5.41) is 0. The molecule has 0 saturated carbocycles. The minimum atomic E-state index is -0.352. The van der Waals surface area contributed by atoms with E-state index < -0.39 is 0 Å². The Labute approximate surface area is 145 Å². The lowest BCUT2D eigenvalue weighted by atomic mass is 10.1. The molecular weight excluding hydrogens is 300 g/mol. The number of methoxy groups -OCH3 is 1. The van der Waals surface area contributed by atoms with Crippen LogP contribution >= 0.6 is 0 Å². The van der Waals surface area contributed by atoms with Gasteiger partial charge in [-0.3, -0.25) is 0 Å². The Morgan fingerprint density at radius 3 is 2.29 bits per heavy atom. The van der Waals surface area contributed by atoms with Crippen molar-refractivity contribution in [3.05, 3.63) is 30.1 Å². The molecule has 2 rings (SSSR count). The number of fused-ring (bicyclic) bond motifs is 1. The Bertz CT molecular complexity index is 634. The van der Waals surface area contributed by atoms with E-state index in [0.29, 0.717) is 0 Å². The molecular formula is C20H30N2O2. The number of unbranched alkanes of at least 4 members (excludes halogenated alkanes) is 8. The number of aromatic nitrogens is 2. The van der Waals surface area contributed by atoms with Crippen molar-refractivity contribution in [3.8, 4) is 0 Å². The molecule has 4 nitrogen and oxygen atoms in total. The lowest BCUT2D eigenvalue weighted by Crippen LogP contribution is -2.14. The number of hydrogen-bond acceptors (Lipinski definition) is 3. The van der Waals surface area contributed by atoms with E-state index in [1.165, 1.54) is 58.5 Å². The van der Waals surface area contributed by atoms with Crippen LogP contribution in [0.15, 0.2) is 24.3 Å². The summed E-state index contributed by atoms with van der Waals surface area (Å²) in [6.07, 6.45) is 12.1. The highest BCUT2D eigenvalue weighted by molar-refractivity contribution is 5.87. The molecule has 1 aromatic heterocycles. The van der Waals surface area contributed by atoms with Gasteiger partial charge in [0.2, 0.25) is 0 Å². The number of rotatable bonds is 10. The normalized spacial score (nSPS) is 11.1. The number of benzene rings is 1.